The molecule has 1 N–H and O–H groups in total. The van der Waals surface area contributed by atoms with Gasteiger partial charge >= 0.3 is 5.97 Å². The third-order valence-corrected chi connectivity index (χ3v) is 5.10. The molecule has 0 spiro atoms. The van der Waals surface area contributed by atoms with Crippen LogP contribution in [0.25, 0.3) is 5.65 Å². The third-order valence-electron chi connectivity index (χ3n) is 5.10. The highest BCUT2D eigenvalue weighted by Gasteiger charge is 2.21. The van der Waals surface area contributed by atoms with Crippen LogP contribution in [0.2, 0.25) is 0 Å². The Morgan fingerprint density at radius 2 is 2.00 bits per heavy atom. The Balaban J connectivity index is 2.05. The van der Waals surface area contributed by atoms with Crippen molar-refractivity contribution in [2.45, 2.75) is 64.7 Å². The minimum Gasteiger partial charge on any atom is -0.476 e. The second-order valence-corrected chi connectivity index (χ2v) is 6.65. The van der Waals surface area contributed by atoms with Crippen LogP contribution in [0.5, 0.6) is 0 Å². The maximum absolute atomic E-state index is 11.3. The van der Waals surface area contributed by atoms with Gasteiger partial charge in [-0.1, -0.05) is 39.5 Å². The first-order valence-corrected chi connectivity index (χ1v) is 8.75. The number of aromatic carboxylic acids is 1. The minimum atomic E-state index is -0.997. The lowest BCUT2D eigenvalue weighted by atomic mass is 9.96. The van der Waals surface area contributed by atoms with Gasteiger partial charge in [0.1, 0.15) is 0 Å². The second kappa shape index (κ2) is 6.69. The molecule has 0 amide bonds. The molecule has 1 aliphatic carbocycles. The SMILES string of the molecule is CCC(CC)c1cc(CC2CCCC2)nc2cc(C(=O)O)nn12. The molecule has 2 heterocycles. The number of hydrogen-bond donors (Lipinski definition) is 1. The molecule has 3 rings (SSSR count). The lowest BCUT2D eigenvalue weighted by Gasteiger charge is -2.16. The summed E-state index contributed by atoms with van der Waals surface area (Å²) < 4.78 is 1.74. The number of nitrogens with zero attached hydrogens (tertiary/aromatic N) is 3. The van der Waals surface area contributed by atoms with Crippen LogP contribution in [-0.4, -0.2) is 25.7 Å². The minimum absolute atomic E-state index is 0.0720. The molecule has 124 valence electrons. The van der Waals surface area contributed by atoms with Crippen molar-refractivity contribution in [1.29, 1.82) is 0 Å². The summed E-state index contributed by atoms with van der Waals surface area (Å²) in [7, 11) is 0. The van der Waals surface area contributed by atoms with Crippen molar-refractivity contribution in [2.24, 2.45) is 5.92 Å². The van der Waals surface area contributed by atoms with Crippen molar-refractivity contribution in [3.05, 3.63) is 29.2 Å². The Morgan fingerprint density at radius 1 is 1.30 bits per heavy atom. The molecule has 1 fully saturated rings. The van der Waals surface area contributed by atoms with Gasteiger partial charge in [-0.25, -0.2) is 14.3 Å². The van der Waals surface area contributed by atoms with Crippen LogP contribution in [0.15, 0.2) is 12.1 Å². The van der Waals surface area contributed by atoms with E-state index in [1.807, 2.05) is 0 Å². The molecule has 0 bridgehead atoms. The first-order valence-electron chi connectivity index (χ1n) is 8.75. The number of aromatic nitrogens is 3. The summed E-state index contributed by atoms with van der Waals surface area (Å²) in [6.45, 7) is 4.33. The first-order chi connectivity index (χ1) is 11.1. The molecule has 2 aromatic heterocycles. The van der Waals surface area contributed by atoms with Gasteiger partial charge in [-0.3, -0.25) is 0 Å². The van der Waals surface area contributed by atoms with Crippen molar-refractivity contribution in [1.82, 2.24) is 14.6 Å². The lowest BCUT2D eigenvalue weighted by Crippen LogP contribution is -2.10. The summed E-state index contributed by atoms with van der Waals surface area (Å²) in [5, 5.41) is 13.5. The number of carboxylic acid groups (broad SMARTS) is 1. The van der Waals surface area contributed by atoms with Crippen molar-refractivity contribution in [3.63, 3.8) is 0 Å². The zero-order chi connectivity index (χ0) is 16.4. The quantitative estimate of drug-likeness (QED) is 0.872. The maximum atomic E-state index is 11.3. The fourth-order valence-corrected chi connectivity index (χ4v) is 3.77. The summed E-state index contributed by atoms with van der Waals surface area (Å²) >= 11 is 0. The Hall–Kier alpha value is -1.91. The highest BCUT2D eigenvalue weighted by Crippen LogP contribution is 2.30. The number of hydrogen-bond acceptors (Lipinski definition) is 3. The second-order valence-electron chi connectivity index (χ2n) is 6.65. The van der Waals surface area contributed by atoms with Crippen LogP contribution in [0.1, 0.15) is 80.2 Å². The average molecular weight is 315 g/mol. The molecule has 2 aromatic rings. The van der Waals surface area contributed by atoms with E-state index in [0.717, 1.165) is 36.6 Å². The van der Waals surface area contributed by atoms with Crippen LogP contribution in [-0.2, 0) is 6.42 Å². The van der Waals surface area contributed by atoms with Crippen molar-refractivity contribution < 1.29 is 9.90 Å². The summed E-state index contributed by atoms with van der Waals surface area (Å²) in [6.07, 6.45) is 8.24. The summed E-state index contributed by atoms with van der Waals surface area (Å²) in [5.41, 5.74) is 2.92. The predicted octanol–water partition coefficient (Wildman–Crippen LogP) is 4.06. The van der Waals surface area contributed by atoms with Gasteiger partial charge in [-0.2, -0.15) is 5.10 Å². The van der Waals surface area contributed by atoms with Crippen LogP contribution in [0.4, 0.5) is 0 Å². The molecule has 5 heteroatoms. The molecule has 5 nitrogen and oxygen atoms in total. The van der Waals surface area contributed by atoms with E-state index in [1.165, 1.54) is 25.7 Å². The normalized spacial score (nSPS) is 15.8. The molecule has 0 aromatic carbocycles. The van der Waals surface area contributed by atoms with Gasteiger partial charge in [0, 0.05) is 23.4 Å². The van der Waals surface area contributed by atoms with E-state index < -0.39 is 5.97 Å². The largest absolute Gasteiger partial charge is 0.476 e. The van der Waals surface area contributed by atoms with E-state index in [4.69, 9.17) is 4.98 Å². The molecule has 0 unspecified atom stereocenters. The highest BCUT2D eigenvalue weighted by molar-refractivity contribution is 5.86. The fraction of sp³-hybridized carbons (Fsp3) is 0.611. The van der Waals surface area contributed by atoms with Crippen LogP contribution >= 0.6 is 0 Å². The monoisotopic (exact) mass is 315 g/mol. The molecule has 0 radical (unpaired) electrons. The van der Waals surface area contributed by atoms with Gasteiger partial charge in [0.25, 0.3) is 0 Å². The van der Waals surface area contributed by atoms with Crippen LogP contribution in [0.3, 0.4) is 0 Å². The van der Waals surface area contributed by atoms with E-state index in [-0.39, 0.29) is 5.69 Å². The van der Waals surface area contributed by atoms with E-state index in [0.29, 0.717) is 11.6 Å². The van der Waals surface area contributed by atoms with Crippen LogP contribution in [0, 0.1) is 5.92 Å². The Morgan fingerprint density at radius 3 is 2.61 bits per heavy atom. The average Bonchev–Trinajstić information content (AvgIpc) is 3.17. The summed E-state index contributed by atoms with van der Waals surface area (Å²) in [5.74, 6) is 0.106. The molecule has 0 saturated heterocycles. The zero-order valence-corrected chi connectivity index (χ0v) is 14.0. The van der Waals surface area contributed by atoms with Gasteiger partial charge < -0.3 is 5.11 Å². The number of fused-ring (bicyclic) bond motifs is 1. The van der Waals surface area contributed by atoms with Crippen molar-refractivity contribution >= 4 is 11.6 Å². The third kappa shape index (κ3) is 3.23. The topological polar surface area (TPSA) is 67.5 Å². The van der Waals surface area contributed by atoms with E-state index in [2.05, 4.69) is 25.0 Å². The van der Waals surface area contributed by atoms with Gasteiger partial charge in [0.2, 0.25) is 0 Å². The Labute approximate surface area is 136 Å². The molecule has 23 heavy (non-hydrogen) atoms. The van der Waals surface area contributed by atoms with E-state index in [1.54, 1.807) is 10.6 Å². The molecule has 1 saturated carbocycles. The zero-order valence-electron chi connectivity index (χ0n) is 14.0. The lowest BCUT2D eigenvalue weighted by molar-refractivity contribution is 0.0690. The predicted molar refractivity (Wildman–Crippen MR) is 88.9 cm³/mol. The van der Waals surface area contributed by atoms with Gasteiger partial charge in [-0.05, 0) is 31.2 Å². The van der Waals surface area contributed by atoms with E-state index >= 15 is 0 Å². The van der Waals surface area contributed by atoms with Crippen LogP contribution < -0.4 is 0 Å². The molecule has 1 aliphatic rings. The van der Waals surface area contributed by atoms with E-state index in [9.17, 15) is 9.90 Å². The number of carboxylic acids is 1. The highest BCUT2D eigenvalue weighted by atomic mass is 16.4. The summed E-state index contributed by atoms with van der Waals surface area (Å²) in [4.78, 5) is 15.9. The molecular formula is C18H25N3O2. The fourth-order valence-electron chi connectivity index (χ4n) is 3.77. The summed E-state index contributed by atoms with van der Waals surface area (Å²) in [6, 6.07) is 3.74. The Bertz CT molecular complexity index is 698. The molecular weight excluding hydrogens is 290 g/mol. The number of rotatable bonds is 6. The van der Waals surface area contributed by atoms with Gasteiger partial charge in [0.15, 0.2) is 11.3 Å². The molecule has 0 aliphatic heterocycles. The first kappa shape index (κ1) is 16.0. The van der Waals surface area contributed by atoms with Gasteiger partial charge in [-0.15, -0.1) is 0 Å². The standard InChI is InChI=1S/C18H25N3O2/c1-3-13(4-2)16-10-14(9-12-7-5-6-8-12)19-17-11-15(18(22)23)20-21(16)17/h10-13H,3-9H2,1-2H3,(H,22,23). The maximum Gasteiger partial charge on any atom is 0.356 e. The smallest absolute Gasteiger partial charge is 0.356 e. The van der Waals surface area contributed by atoms with Gasteiger partial charge in [0.05, 0.1) is 0 Å². The van der Waals surface area contributed by atoms with Crippen molar-refractivity contribution in [3.8, 4) is 0 Å². The molecule has 0 atom stereocenters. The number of carbonyl (C=O) groups is 1. The van der Waals surface area contributed by atoms with Crippen molar-refractivity contribution in [2.75, 3.05) is 0 Å². The Kier molecular flexibility index (Phi) is 4.64.